The van der Waals surface area contributed by atoms with Crippen LogP contribution in [-0.2, 0) is 11.2 Å². The van der Waals surface area contributed by atoms with E-state index in [4.69, 9.17) is 9.15 Å². The lowest BCUT2D eigenvalue weighted by molar-refractivity contribution is 0.0535. The number of aryl methyl sites for hydroxylation is 1. The number of ether oxygens (including phenoxy) is 1. The maximum Gasteiger partial charge on any atom is 0.103 e. The van der Waals surface area contributed by atoms with Crippen molar-refractivity contribution in [3.05, 3.63) is 24.2 Å². The van der Waals surface area contributed by atoms with Crippen LogP contribution in [0.3, 0.4) is 0 Å². The third kappa shape index (κ3) is 3.09. The first-order valence-corrected chi connectivity index (χ1v) is 6.17. The van der Waals surface area contributed by atoms with Gasteiger partial charge in [0.05, 0.1) is 6.26 Å². The summed E-state index contributed by atoms with van der Waals surface area (Å²) in [4.78, 5) is 0. The van der Waals surface area contributed by atoms with Crippen LogP contribution in [0.2, 0.25) is 0 Å². The van der Waals surface area contributed by atoms with Crippen molar-refractivity contribution in [3.8, 4) is 0 Å². The van der Waals surface area contributed by atoms with Gasteiger partial charge in [0.15, 0.2) is 0 Å². The lowest BCUT2D eigenvalue weighted by Gasteiger charge is -2.30. The second-order valence-corrected chi connectivity index (χ2v) is 4.46. The van der Waals surface area contributed by atoms with E-state index in [0.717, 1.165) is 37.7 Å². The quantitative estimate of drug-likeness (QED) is 0.831. The van der Waals surface area contributed by atoms with E-state index in [2.05, 4.69) is 18.4 Å². The highest BCUT2D eigenvalue weighted by atomic mass is 16.5. The van der Waals surface area contributed by atoms with Gasteiger partial charge in [-0.15, -0.1) is 0 Å². The number of rotatable bonds is 5. The predicted molar refractivity (Wildman–Crippen MR) is 63.4 cm³/mol. The summed E-state index contributed by atoms with van der Waals surface area (Å²) in [6.07, 6.45) is 6.29. The molecule has 0 spiro atoms. The molecule has 1 aromatic heterocycles. The SMILES string of the molecule is CNC(CCc1ccco1)C1CCOCC1. The van der Waals surface area contributed by atoms with Crippen molar-refractivity contribution in [3.63, 3.8) is 0 Å². The van der Waals surface area contributed by atoms with Crippen LogP contribution in [0.1, 0.15) is 25.0 Å². The van der Waals surface area contributed by atoms with Gasteiger partial charge in [-0.25, -0.2) is 0 Å². The van der Waals surface area contributed by atoms with E-state index in [1.54, 1.807) is 6.26 Å². The molecule has 1 aliphatic rings. The molecule has 2 heterocycles. The van der Waals surface area contributed by atoms with Crippen molar-refractivity contribution < 1.29 is 9.15 Å². The van der Waals surface area contributed by atoms with Gasteiger partial charge in [0.1, 0.15) is 5.76 Å². The van der Waals surface area contributed by atoms with Gasteiger partial charge >= 0.3 is 0 Å². The molecule has 3 nitrogen and oxygen atoms in total. The minimum atomic E-state index is 0.592. The summed E-state index contributed by atoms with van der Waals surface area (Å²) in [5.41, 5.74) is 0. The summed E-state index contributed by atoms with van der Waals surface area (Å²) in [6, 6.07) is 4.60. The Morgan fingerprint density at radius 1 is 1.44 bits per heavy atom. The fraction of sp³-hybridized carbons (Fsp3) is 0.692. The zero-order valence-electron chi connectivity index (χ0n) is 9.95. The fourth-order valence-corrected chi connectivity index (χ4v) is 2.49. The molecule has 0 radical (unpaired) electrons. The Labute approximate surface area is 97.2 Å². The molecule has 0 amide bonds. The molecule has 16 heavy (non-hydrogen) atoms. The molecule has 1 unspecified atom stereocenters. The molecule has 90 valence electrons. The highest BCUT2D eigenvalue weighted by Gasteiger charge is 2.22. The number of nitrogens with one attached hydrogen (secondary N) is 1. The minimum Gasteiger partial charge on any atom is -0.469 e. The molecule has 1 atom stereocenters. The van der Waals surface area contributed by atoms with Gasteiger partial charge in [0.25, 0.3) is 0 Å². The molecule has 0 aliphatic carbocycles. The minimum absolute atomic E-state index is 0.592. The van der Waals surface area contributed by atoms with Crippen molar-refractivity contribution in [2.45, 2.75) is 31.7 Å². The molecule has 0 saturated carbocycles. The Bertz CT molecular complexity index is 278. The average molecular weight is 223 g/mol. The van der Waals surface area contributed by atoms with Crippen molar-refractivity contribution in [1.82, 2.24) is 5.32 Å². The standard InChI is InChI=1S/C13H21NO2/c1-14-13(11-6-9-15-10-7-11)5-4-12-3-2-8-16-12/h2-3,8,11,13-14H,4-7,9-10H2,1H3. The molecule has 1 aromatic rings. The second kappa shape index (κ2) is 6.06. The fourth-order valence-electron chi connectivity index (χ4n) is 2.49. The molecule has 0 bridgehead atoms. The van der Waals surface area contributed by atoms with Crippen LogP contribution in [-0.4, -0.2) is 26.3 Å². The molecular formula is C13H21NO2. The third-order valence-corrected chi connectivity index (χ3v) is 3.49. The van der Waals surface area contributed by atoms with Crippen LogP contribution >= 0.6 is 0 Å². The Kier molecular flexibility index (Phi) is 4.43. The lowest BCUT2D eigenvalue weighted by Crippen LogP contribution is -2.37. The summed E-state index contributed by atoms with van der Waals surface area (Å²) in [7, 11) is 2.06. The van der Waals surface area contributed by atoms with Crippen LogP contribution in [0.25, 0.3) is 0 Å². The first-order chi connectivity index (χ1) is 7.90. The van der Waals surface area contributed by atoms with Crippen molar-refractivity contribution in [2.24, 2.45) is 5.92 Å². The van der Waals surface area contributed by atoms with Crippen molar-refractivity contribution in [1.29, 1.82) is 0 Å². The highest BCUT2D eigenvalue weighted by molar-refractivity contribution is 4.98. The normalized spacial score (nSPS) is 19.8. The number of hydrogen-bond donors (Lipinski definition) is 1. The lowest BCUT2D eigenvalue weighted by atomic mass is 9.89. The Balaban J connectivity index is 1.80. The van der Waals surface area contributed by atoms with E-state index in [9.17, 15) is 0 Å². The molecular weight excluding hydrogens is 202 g/mol. The highest BCUT2D eigenvalue weighted by Crippen LogP contribution is 2.21. The average Bonchev–Trinajstić information content (AvgIpc) is 2.84. The summed E-state index contributed by atoms with van der Waals surface area (Å²) >= 11 is 0. The predicted octanol–water partition coefficient (Wildman–Crippen LogP) is 2.23. The van der Waals surface area contributed by atoms with Crippen LogP contribution in [0.15, 0.2) is 22.8 Å². The van der Waals surface area contributed by atoms with E-state index < -0.39 is 0 Å². The van der Waals surface area contributed by atoms with E-state index in [1.165, 1.54) is 12.8 Å². The van der Waals surface area contributed by atoms with Gasteiger partial charge in [-0.1, -0.05) is 0 Å². The third-order valence-electron chi connectivity index (χ3n) is 3.49. The molecule has 2 rings (SSSR count). The number of furan rings is 1. The first kappa shape index (κ1) is 11.7. The Hall–Kier alpha value is -0.800. The summed E-state index contributed by atoms with van der Waals surface area (Å²) in [5, 5.41) is 3.44. The smallest absolute Gasteiger partial charge is 0.103 e. The Morgan fingerprint density at radius 2 is 2.25 bits per heavy atom. The zero-order chi connectivity index (χ0) is 11.2. The van der Waals surface area contributed by atoms with Gasteiger partial charge in [-0.3, -0.25) is 0 Å². The van der Waals surface area contributed by atoms with Crippen LogP contribution < -0.4 is 5.32 Å². The van der Waals surface area contributed by atoms with Gasteiger partial charge in [-0.2, -0.15) is 0 Å². The van der Waals surface area contributed by atoms with Crippen LogP contribution in [0.4, 0.5) is 0 Å². The van der Waals surface area contributed by atoms with Gasteiger partial charge in [0.2, 0.25) is 0 Å². The molecule has 1 fully saturated rings. The molecule has 1 saturated heterocycles. The van der Waals surface area contributed by atoms with E-state index in [-0.39, 0.29) is 0 Å². The van der Waals surface area contributed by atoms with Gasteiger partial charge in [-0.05, 0) is 44.4 Å². The maximum absolute atomic E-state index is 5.40. The first-order valence-electron chi connectivity index (χ1n) is 6.17. The van der Waals surface area contributed by atoms with E-state index in [0.29, 0.717) is 6.04 Å². The summed E-state index contributed by atoms with van der Waals surface area (Å²) < 4.78 is 10.8. The molecule has 3 heteroatoms. The zero-order valence-corrected chi connectivity index (χ0v) is 9.95. The molecule has 1 N–H and O–H groups in total. The summed E-state index contributed by atoms with van der Waals surface area (Å²) in [6.45, 7) is 1.84. The topological polar surface area (TPSA) is 34.4 Å². The van der Waals surface area contributed by atoms with E-state index in [1.807, 2.05) is 6.07 Å². The van der Waals surface area contributed by atoms with Crippen LogP contribution in [0.5, 0.6) is 0 Å². The van der Waals surface area contributed by atoms with E-state index >= 15 is 0 Å². The molecule has 0 aromatic carbocycles. The summed E-state index contributed by atoms with van der Waals surface area (Å²) in [5.74, 6) is 1.85. The van der Waals surface area contributed by atoms with Gasteiger partial charge in [0, 0.05) is 25.7 Å². The van der Waals surface area contributed by atoms with Crippen molar-refractivity contribution in [2.75, 3.05) is 20.3 Å². The van der Waals surface area contributed by atoms with Gasteiger partial charge < -0.3 is 14.5 Å². The van der Waals surface area contributed by atoms with Crippen LogP contribution in [0, 0.1) is 5.92 Å². The monoisotopic (exact) mass is 223 g/mol. The number of hydrogen-bond acceptors (Lipinski definition) is 3. The maximum atomic E-state index is 5.40. The van der Waals surface area contributed by atoms with Crippen molar-refractivity contribution >= 4 is 0 Å². The largest absolute Gasteiger partial charge is 0.469 e. The second-order valence-electron chi connectivity index (χ2n) is 4.46. The molecule has 1 aliphatic heterocycles. The Morgan fingerprint density at radius 3 is 2.88 bits per heavy atom.